The molecule has 1 saturated heterocycles. The first-order chi connectivity index (χ1) is 9.28. The summed E-state index contributed by atoms with van der Waals surface area (Å²) in [6.45, 7) is 7.81. The van der Waals surface area contributed by atoms with Crippen molar-refractivity contribution < 1.29 is 0 Å². The fraction of sp³-hybridized carbons (Fsp3) is 0.667. The van der Waals surface area contributed by atoms with Crippen LogP contribution in [0.25, 0.3) is 0 Å². The Morgan fingerprint density at radius 2 is 2.16 bits per heavy atom. The molecule has 1 aromatic rings. The highest BCUT2D eigenvalue weighted by Gasteiger charge is 2.17. The molecule has 0 atom stereocenters. The summed E-state index contributed by atoms with van der Waals surface area (Å²) in [5, 5.41) is 4.02. The second kappa shape index (κ2) is 7.83. The lowest BCUT2D eigenvalue weighted by molar-refractivity contribution is 0.197. The number of halogens is 1. The minimum Gasteiger partial charge on any atom is -0.317 e. The fourth-order valence-corrected chi connectivity index (χ4v) is 2.93. The molecule has 0 spiro atoms. The Balaban J connectivity index is 1.91. The van der Waals surface area contributed by atoms with Crippen molar-refractivity contribution in [2.24, 2.45) is 5.92 Å². The third-order valence-electron chi connectivity index (χ3n) is 3.67. The second-order valence-corrected chi connectivity index (χ2v) is 5.77. The van der Waals surface area contributed by atoms with Crippen LogP contribution in [0.1, 0.15) is 31.9 Å². The van der Waals surface area contributed by atoms with Gasteiger partial charge in [-0.3, -0.25) is 4.90 Å². The molecule has 0 radical (unpaired) electrons. The summed E-state index contributed by atoms with van der Waals surface area (Å²) in [4.78, 5) is 6.92. The normalized spacial score (nSPS) is 17.0. The number of pyridine rings is 1. The van der Waals surface area contributed by atoms with Crippen LogP contribution < -0.4 is 5.32 Å². The SMILES string of the molecule is CCCN(Cc1cccc(Cl)n1)CC1CCNCC1. The van der Waals surface area contributed by atoms with Crippen LogP contribution in [0.4, 0.5) is 0 Å². The lowest BCUT2D eigenvalue weighted by Crippen LogP contribution is -2.36. The summed E-state index contributed by atoms with van der Waals surface area (Å²) in [7, 11) is 0. The first kappa shape index (κ1) is 14.8. The van der Waals surface area contributed by atoms with Gasteiger partial charge >= 0.3 is 0 Å². The number of nitrogens with zero attached hydrogens (tertiary/aromatic N) is 2. The van der Waals surface area contributed by atoms with Crippen molar-refractivity contribution in [3.63, 3.8) is 0 Å². The highest BCUT2D eigenvalue weighted by Crippen LogP contribution is 2.16. The van der Waals surface area contributed by atoms with Crippen molar-refractivity contribution in [3.8, 4) is 0 Å². The average molecular weight is 282 g/mol. The van der Waals surface area contributed by atoms with Gasteiger partial charge in [0.15, 0.2) is 0 Å². The molecule has 19 heavy (non-hydrogen) atoms. The molecule has 0 aliphatic carbocycles. The monoisotopic (exact) mass is 281 g/mol. The smallest absolute Gasteiger partial charge is 0.129 e. The summed E-state index contributed by atoms with van der Waals surface area (Å²) in [6.07, 6.45) is 3.78. The van der Waals surface area contributed by atoms with Crippen molar-refractivity contribution in [3.05, 3.63) is 29.0 Å². The molecule has 106 valence electrons. The summed E-state index contributed by atoms with van der Waals surface area (Å²) in [6, 6.07) is 5.89. The first-order valence-corrected chi connectivity index (χ1v) is 7.70. The highest BCUT2D eigenvalue weighted by molar-refractivity contribution is 6.29. The second-order valence-electron chi connectivity index (χ2n) is 5.38. The number of hydrogen-bond acceptors (Lipinski definition) is 3. The van der Waals surface area contributed by atoms with Gasteiger partial charge in [0, 0.05) is 13.1 Å². The van der Waals surface area contributed by atoms with E-state index < -0.39 is 0 Å². The Hall–Kier alpha value is -0.640. The molecule has 2 heterocycles. The van der Waals surface area contributed by atoms with Crippen LogP contribution in [0, 0.1) is 5.92 Å². The van der Waals surface area contributed by atoms with E-state index >= 15 is 0 Å². The van der Waals surface area contributed by atoms with Gasteiger partial charge in [0.1, 0.15) is 5.15 Å². The third-order valence-corrected chi connectivity index (χ3v) is 3.88. The predicted molar refractivity (Wildman–Crippen MR) is 80.4 cm³/mol. The molecule has 0 amide bonds. The van der Waals surface area contributed by atoms with E-state index in [1.54, 1.807) is 0 Å². The molecule has 1 aliphatic rings. The molecule has 0 aromatic carbocycles. The van der Waals surface area contributed by atoms with E-state index in [1.807, 2.05) is 12.1 Å². The first-order valence-electron chi connectivity index (χ1n) is 7.32. The molecule has 0 bridgehead atoms. The molecule has 1 fully saturated rings. The minimum absolute atomic E-state index is 0.593. The van der Waals surface area contributed by atoms with E-state index in [0.29, 0.717) is 5.15 Å². The third kappa shape index (κ3) is 5.09. The molecule has 1 N–H and O–H groups in total. The largest absolute Gasteiger partial charge is 0.317 e. The van der Waals surface area contributed by atoms with Gasteiger partial charge in [-0.05, 0) is 56.9 Å². The summed E-state index contributed by atoms with van der Waals surface area (Å²) in [5.41, 5.74) is 1.08. The lowest BCUT2D eigenvalue weighted by atomic mass is 9.97. The summed E-state index contributed by atoms with van der Waals surface area (Å²) < 4.78 is 0. The Kier molecular flexibility index (Phi) is 6.08. The van der Waals surface area contributed by atoms with Crippen molar-refractivity contribution in [2.75, 3.05) is 26.2 Å². The van der Waals surface area contributed by atoms with E-state index in [4.69, 9.17) is 11.6 Å². The van der Waals surface area contributed by atoms with Crippen LogP contribution in [0.3, 0.4) is 0 Å². The number of nitrogens with one attached hydrogen (secondary N) is 1. The summed E-state index contributed by atoms with van der Waals surface area (Å²) in [5.74, 6) is 0.826. The molecule has 1 aromatic heterocycles. The zero-order chi connectivity index (χ0) is 13.5. The number of hydrogen-bond donors (Lipinski definition) is 1. The van der Waals surface area contributed by atoms with Gasteiger partial charge in [-0.15, -0.1) is 0 Å². The number of aromatic nitrogens is 1. The van der Waals surface area contributed by atoms with Gasteiger partial charge in [0.05, 0.1) is 5.69 Å². The summed E-state index contributed by atoms with van der Waals surface area (Å²) >= 11 is 5.96. The molecule has 3 nitrogen and oxygen atoms in total. The van der Waals surface area contributed by atoms with Crippen LogP contribution in [0.5, 0.6) is 0 Å². The Morgan fingerprint density at radius 1 is 1.37 bits per heavy atom. The van der Waals surface area contributed by atoms with Crippen LogP contribution in [0.15, 0.2) is 18.2 Å². The van der Waals surface area contributed by atoms with Crippen LogP contribution >= 0.6 is 11.6 Å². The quantitative estimate of drug-likeness (QED) is 0.813. The van der Waals surface area contributed by atoms with E-state index in [2.05, 4.69) is 28.2 Å². The van der Waals surface area contributed by atoms with Gasteiger partial charge in [-0.2, -0.15) is 0 Å². The topological polar surface area (TPSA) is 28.2 Å². The van der Waals surface area contributed by atoms with Crippen molar-refractivity contribution >= 4 is 11.6 Å². The zero-order valence-electron chi connectivity index (χ0n) is 11.7. The van der Waals surface area contributed by atoms with Crippen LogP contribution in [-0.2, 0) is 6.54 Å². The van der Waals surface area contributed by atoms with Gasteiger partial charge < -0.3 is 5.32 Å². The van der Waals surface area contributed by atoms with Gasteiger partial charge in [-0.1, -0.05) is 24.6 Å². The number of piperidine rings is 1. The van der Waals surface area contributed by atoms with E-state index in [-0.39, 0.29) is 0 Å². The predicted octanol–water partition coefficient (Wildman–Crippen LogP) is 2.95. The van der Waals surface area contributed by atoms with E-state index in [1.165, 1.54) is 38.9 Å². The Bertz CT molecular complexity index is 377. The standard InChI is InChI=1S/C15H24ClN3/c1-2-10-19(11-13-6-8-17-9-7-13)12-14-4-3-5-15(16)18-14/h3-5,13,17H,2,6-12H2,1H3. The fourth-order valence-electron chi connectivity index (χ4n) is 2.75. The van der Waals surface area contributed by atoms with Gasteiger partial charge in [0.2, 0.25) is 0 Å². The average Bonchev–Trinajstić information content (AvgIpc) is 2.40. The molecule has 2 rings (SSSR count). The van der Waals surface area contributed by atoms with Gasteiger partial charge in [-0.25, -0.2) is 4.98 Å². The lowest BCUT2D eigenvalue weighted by Gasteiger charge is -2.29. The molecular formula is C15H24ClN3. The van der Waals surface area contributed by atoms with Crippen molar-refractivity contribution in [2.45, 2.75) is 32.7 Å². The van der Waals surface area contributed by atoms with Crippen molar-refractivity contribution in [1.82, 2.24) is 15.2 Å². The maximum absolute atomic E-state index is 5.96. The molecule has 1 aliphatic heterocycles. The van der Waals surface area contributed by atoms with E-state index in [0.717, 1.165) is 24.7 Å². The van der Waals surface area contributed by atoms with Crippen LogP contribution in [0.2, 0.25) is 5.15 Å². The molecule has 0 unspecified atom stereocenters. The maximum atomic E-state index is 5.96. The van der Waals surface area contributed by atoms with Crippen molar-refractivity contribution in [1.29, 1.82) is 0 Å². The Labute approximate surface area is 121 Å². The Morgan fingerprint density at radius 3 is 2.84 bits per heavy atom. The zero-order valence-corrected chi connectivity index (χ0v) is 12.5. The van der Waals surface area contributed by atoms with Crippen LogP contribution in [-0.4, -0.2) is 36.1 Å². The minimum atomic E-state index is 0.593. The highest BCUT2D eigenvalue weighted by atomic mass is 35.5. The molecule has 0 saturated carbocycles. The maximum Gasteiger partial charge on any atom is 0.129 e. The number of rotatable bonds is 6. The molecule has 4 heteroatoms. The van der Waals surface area contributed by atoms with E-state index in [9.17, 15) is 0 Å². The molecular weight excluding hydrogens is 258 g/mol. The van der Waals surface area contributed by atoms with Gasteiger partial charge in [0.25, 0.3) is 0 Å².